The lowest BCUT2D eigenvalue weighted by atomic mass is 9.80. The van der Waals surface area contributed by atoms with Gasteiger partial charge in [-0.25, -0.2) is 0 Å². The lowest BCUT2D eigenvalue weighted by Gasteiger charge is -2.44. The van der Waals surface area contributed by atoms with E-state index in [1.807, 2.05) is 23.9 Å². The molecular formula is C14H18ClNS. The molecule has 1 atom stereocenters. The molecule has 17 heavy (non-hydrogen) atoms. The molecule has 1 aromatic carbocycles. The molecule has 0 unspecified atom stereocenters. The van der Waals surface area contributed by atoms with Crippen LogP contribution in [-0.2, 0) is 0 Å². The van der Waals surface area contributed by atoms with Gasteiger partial charge in [-0.05, 0) is 62.0 Å². The maximum absolute atomic E-state index is 5.90. The number of nitrogens with zero attached hydrogens (tertiary/aromatic N) is 1. The predicted octanol–water partition coefficient (Wildman–Crippen LogP) is 3.77. The van der Waals surface area contributed by atoms with Gasteiger partial charge >= 0.3 is 0 Å². The van der Waals surface area contributed by atoms with Gasteiger partial charge in [0, 0.05) is 22.2 Å². The first-order valence-electron chi connectivity index (χ1n) is 6.42. The van der Waals surface area contributed by atoms with E-state index in [-0.39, 0.29) is 0 Å². The average Bonchev–Trinajstić information content (AvgIpc) is 2.39. The molecule has 0 aliphatic carbocycles. The van der Waals surface area contributed by atoms with Crippen LogP contribution in [0.15, 0.2) is 29.2 Å². The Balaban J connectivity index is 1.56. The second kappa shape index (κ2) is 5.21. The van der Waals surface area contributed by atoms with Crippen molar-refractivity contribution in [1.29, 1.82) is 0 Å². The summed E-state index contributed by atoms with van der Waals surface area (Å²) in [6.07, 6.45) is 2.84. The highest BCUT2D eigenvalue weighted by Gasteiger charge is 2.33. The number of piperidine rings is 3. The second-order valence-electron chi connectivity index (χ2n) is 5.16. The van der Waals surface area contributed by atoms with Crippen LogP contribution >= 0.6 is 23.4 Å². The molecule has 3 aliphatic heterocycles. The fourth-order valence-corrected chi connectivity index (χ4v) is 4.25. The van der Waals surface area contributed by atoms with Gasteiger partial charge in [0.1, 0.15) is 0 Å². The van der Waals surface area contributed by atoms with Crippen molar-refractivity contribution in [2.24, 2.45) is 11.8 Å². The predicted molar refractivity (Wildman–Crippen MR) is 74.8 cm³/mol. The van der Waals surface area contributed by atoms with Gasteiger partial charge < -0.3 is 4.90 Å². The summed E-state index contributed by atoms with van der Waals surface area (Å²) >= 11 is 7.89. The average molecular weight is 268 g/mol. The van der Waals surface area contributed by atoms with Crippen molar-refractivity contribution in [2.45, 2.75) is 17.7 Å². The third-order valence-electron chi connectivity index (χ3n) is 4.07. The van der Waals surface area contributed by atoms with Crippen LogP contribution in [0.2, 0.25) is 5.02 Å². The Bertz CT molecular complexity index is 370. The number of thioether (sulfide) groups is 1. The molecule has 2 bridgehead atoms. The zero-order valence-electron chi connectivity index (χ0n) is 9.94. The maximum Gasteiger partial charge on any atom is 0.0406 e. The third-order valence-corrected chi connectivity index (χ3v) is 5.52. The molecule has 0 spiro atoms. The van der Waals surface area contributed by atoms with E-state index in [0.29, 0.717) is 0 Å². The molecule has 3 saturated heterocycles. The quantitative estimate of drug-likeness (QED) is 0.767. The fraction of sp³-hybridized carbons (Fsp3) is 0.571. The van der Waals surface area contributed by atoms with Crippen molar-refractivity contribution >= 4 is 23.4 Å². The lowest BCUT2D eigenvalue weighted by molar-refractivity contribution is 0.0626. The first-order chi connectivity index (χ1) is 8.31. The highest BCUT2D eigenvalue weighted by atomic mass is 35.5. The summed E-state index contributed by atoms with van der Waals surface area (Å²) in [6, 6.07) is 8.24. The summed E-state index contributed by atoms with van der Waals surface area (Å²) in [5.41, 5.74) is 0. The number of hydrogen-bond acceptors (Lipinski definition) is 2. The molecule has 1 nitrogen and oxygen atoms in total. The molecule has 92 valence electrons. The van der Waals surface area contributed by atoms with Gasteiger partial charge in [0.15, 0.2) is 0 Å². The Kier molecular flexibility index (Phi) is 3.64. The van der Waals surface area contributed by atoms with E-state index in [1.54, 1.807) is 0 Å². The van der Waals surface area contributed by atoms with Crippen molar-refractivity contribution in [3.8, 4) is 0 Å². The van der Waals surface area contributed by atoms with Crippen LogP contribution in [0.25, 0.3) is 0 Å². The standard InChI is InChI=1S/C14H18ClNS/c15-13-1-3-14(4-2-13)17-10-12-9-16-7-5-11(12)6-8-16/h1-4,11-12H,5-10H2/t12-/m0/s1. The minimum Gasteiger partial charge on any atom is -0.303 e. The number of hydrogen-bond donors (Lipinski definition) is 0. The van der Waals surface area contributed by atoms with Gasteiger partial charge in [0.05, 0.1) is 0 Å². The van der Waals surface area contributed by atoms with Crippen LogP contribution in [0.4, 0.5) is 0 Å². The molecule has 3 aliphatic rings. The highest BCUT2D eigenvalue weighted by molar-refractivity contribution is 7.99. The van der Waals surface area contributed by atoms with Gasteiger partial charge in [-0.15, -0.1) is 11.8 Å². The van der Waals surface area contributed by atoms with Crippen LogP contribution < -0.4 is 0 Å². The van der Waals surface area contributed by atoms with Crippen LogP contribution in [0.3, 0.4) is 0 Å². The molecule has 0 saturated carbocycles. The van der Waals surface area contributed by atoms with Crippen LogP contribution in [-0.4, -0.2) is 30.3 Å². The van der Waals surface area contributed by atoms with Crippen molar-refractivity contribution in [3.05, 3.63) is 29.3 Å². The van der Waals surface area contributed by atoms with E-state index in [9.17, 15) is 0 Å². The Labute approximate surface area is 113 Å². The number of benzene rings is 1. The maximum atomic E-state index is 5.90. The number of rotatable bonds is 3. The van der Waals surface area contributed by atoms with Crippen molar-refractivity contribution in [3.63, 3.8) is 0 Å². The van der Waals surface area contributed by atoms with Crippen molar-refractivity contribution in [2.75, 3.05) is 25.4 Å². The van der Waals surface area contributed by atoms with Gasteiger partial charge in [-0.2, -0.15) is 0 Å². The van der Waals surface area contributed by atoms with E-state index in [0.717, 1.165) is 16.9 Å². The third kappa shape index (κ3) is 2.81. The fourth-order valence-electron chi connectivity index (χ4n) is 3.01. The summed E-state index contributed by atoms with van der Waals surface area (Å²) < 4.78 is 0. The van der Waals surface area contributed by atoms with Crippen LogP contribution in [0.1, 0.15) is 12.8 Å². The molecule has 3 fully saturated rings. The summed E-state index contributed by atoms with van der Waals surface area (Å²) in [6.45, 7) is 4.00. The van der Waals surface area contributed by atoms with E-state index >= 15 is 0 Å². The highest BCUT2D eigenvalue weighted by Crippen LogP contribution is 2.35. The molecule has 3 heteroatoms. The molecule has 4 rings (SSSR count). The monoisotopic (exact) mass is 267 g/mol. The number of halogens is 1. The van der Waals surface area contributed by atoms with Crippen molar-refractivity contribution in [1.82, 2.24) is 4.90 Å². The Morgan fingerprint density at radius 2 is 1.88 bits per heavy atom. The molecule has 0 amide bonds. The smallest absolute Gasteiger partial charge is 0.0406 e. The largest absolute Gasteiger partial charge is 0.303 e. The molecule has 0 radical (unpaired) electrons. The summed E-state index contributed by atoms with van der Waals surface area (Å²) in [5.74, 6) is 3.15. The molecule has 0 aromatic heterocycles. The van der Waals surface area contributed by atoms with E-state index in [2.05, 4.69) is 17.0 Å². The molecular weight excluding hydrogens is 250 g/mol. The normalized spacial score (nSPS) is 31.7. The Hall–Kier alpha value is -0.180. The summed E-state index contributed by atoms with van der Waals surface area (Å²) in [7, 11) is 0. The SMILES string of the molecule is Clc1ccc(SC[C@@H]2CN3CCC2CC3)cc1. The summed E-state index contributed by atoms with van der Waals surface area (Å²) in [4.78, 5) is 3.98. The Morgan fingerprint density at radius 3 is 2.47 bits per heavy atom. The van der Waals surface area contributed by atoms with Crippen LogP contribution in [0, 0.1) is 11.8 Å². The van der Waals surface area contributed by atoms with Gasteiger partial charge in [-0.1, -0.05) is 11.6 Å². The second-order valence-corrected chi connectivity index (χ2v) is 6.69. The first kappa shape index (κ1) is 11.9. The van der Waals surface area contributed by atoms with Gasteiger partial charge in [0.2, 0.25) is 0 Å². The van der Waals surface area contributed by atoms with Crippen molar-refractivity contribution < 1.29 is 0 Å². The van der Waals surface area contributed by atoms with E-state index in [4.69, 9.17) is 11.6 Å². The minimum atomic E-state index is 0.831. The van der Waals surface area contributed by atoms with Crippen LogP contribution in [0.5, 0.6) is 0 Å². The molecule has 1 aromatic rings. The zero-order valence-corrected chi connectivity index (χ0v) is 11.5. The lowest BCUT2D eigenvalue weighted by Crippen LogP contribution is -2.48. The molecule has 3 heterocycles. The summed E-state index contributed by atoms with van der Waals surface area (Å²) in [5, 5.41) is 0.831. The molecule has 0 N–H and O–H groups in total. The Morgan fingerprint density at radius 1 is 1.18 bits per heavy atom. The minimum absolute atomic E-state index is 0.831. The van der Waals surface area contributed by atoms with E-state index in [1.165, 1.54) is 43.1 Å². The topological polar surface area (TPSA) is 3.24 Å². The van der Waals surface area contributed by atoms with E-state index < -0.39 is 0 Å². The zero-order chi connectivity index (χ0) is 11.7. The number of fused-ring (bicyclic) bond motifs is 3. The first-order valence-corrected chi connectivity index (χ1v) is 7.78. The van der Waals surface area contributed by atoms with Gasteiger partial charge in [0.25, 0.3) is 0 Å². The van der Waals surface area contributed by atoms with Gasteiger partial charge in [-0.3, -0.25) is 0 Å².